The average Bonchev–Trinajstić information content (AvgIpc) is 3.25. The SMILES string of the molecule is CCC(=O)c1cc(C(=O)CCCCC2CCNCC2(F)F)cc2c1O[C@H](CF)[C@H]2c1ccccc1. The van der Waals surface area contributed by atoms with Crippen molar-refractivity contribution < 1.29 is 27.5 Å². The van der Waals surface area contributed by atoms with Gasteiger partial charge in [0.1, 0.15) is 18.5 Å². The van der Waals surface area contributed by atoms with Crippen LogP contribution in [0, 0.1) is 5.92 Å². The van der Waals surface area contributed by atoms with Crippen molar-refractivity contribution in [1.29, 1.82) is 0 Å². The number of piperidine rings is 1. The van der Waals surface area contributed by atoms with Crippen LogP contribution in [0.2, 0.25) is 0 Å². The van der Waals surface area contributed by atoms with Crippen molar-refractivity contribution in [3.05, 3.63) is 64.7 Å². The minimum Gasteiger partial charge on any atom is -0.486 e. The van der Waals surface area contributed by atoms with Gasteiger partial charge in [-0.3, -0.25) is 9.59 Å². The van der Waals surface area contributed by atoms with Gasteiger partial charge in [0, 0.05) is 29.9 Å². The molecular formula is C28H32F3NO3. The maximum atomic E-state index is 14.0. The number of fused-ring (bicyclic) bond motifs is 1. The third-order valence-corrected chi connectivity index (χ3v) is 7.18. The molecule has 35 heavy (non-hydrogen) atoms. The summed E-state index contributed by atoms with van der Waals surface area (Å²) in [6.45, 7) is 1.31. The largest absolute Gasteiger partial charge is 0.486 e. The molecule has 0 radical (unpaired) electrons. The number of ether oxygens (including phenoxy) is 1. The normalized spacial score (nSPS) is 22.9. The van der Waals surface area contributed by atoms with Gasteiger partial charge in [0.25, 0.3) is 5.92 Å². The number of rotatable bonds is 10. The van der Waals surface area contributed by atoms with E-state index in [0.29, 0.717) is 54.7 Å². The highest BCUT2D eigenvalue weighted by atomic mass is 19.3. The quantitative estimate of drug-likeness (QED) is 0.324. The summed E-state index contributed by atoms with van der Waals surface area (Å²) in [6.07, 6.45) is 1.52. The van der Waals surface area contributed by atoms with Gasteiger partial charge in [-0.05, 0) is 43.5 Å². The van der Waals surface area contributed by atoms with Crippen molar-refractivity contribution in [3.8, 4) is 5.75 Å². The second-order valence-corrected chi connectivity index (χ2v) is 9.51. The lowest BCUT2D eigenvalue weighted by Crippen LogP contribution is -2.45. The third kappa shape index (κ3) is 5.45. The molecule has 0 aliphatic carbocycles. The molecule has 0 amide bonds. The van der Waals surface area contributed by atoms with Gasteiger partial charge in [-0.25, -0.2) is 13.2 Å². The van der Waals surface area contributed by atoms with Crippen LogP contribution in [0.15, 0.2) is 42.5 Å². The van der Waals surface area contributed by atoms with Gasteiger partial charge in [-0.2, -0.15) is 0 Å². The van der Waals surface area contributed by atoms with E-state index in [-0.39, 0.29) is 31.0 Å². The molecule has 3 atom stereocenters. The van der Waals surface area contributed by atoms with Gasteiger partial charge >= 0.3 is 0 Å². The lowest BCUT2D eigenvalue weighted by molar-refractivity contribution is -0.0765. The molecule has 1 unspecified atom stereocenters. The second-order valence-electron chi connectivity index (χ2n) is 9.51. The molecular weight excluding hydrogens is 455 g/mol. The van der Waals surface area contributed by atoms with E-state index in [1.165, 1.54) is 0 Å². The number of halogens is 3. The molecule has 188 valence electrons. The Labute approximate surface area is 204 Å². The molecule has 2 aromatic rings. The van der Waals surface area contributed by atoms with Crippen LogP contribution < -0.4 is 10.1 Å². The van der Waals surface area contributed by atoms with Crippen LogP contribution in [0.3, 0.4) is 0 Å². The first-order valence-electron chi connectivity index (χ1n) is 12.5. The molecule has 1 fully saturated rings. The van der Waals surface area contributed by atoms with Crippen LogP contribution in [-0.2, 0) is 0 Å². The molecule has 1 saturated heterocycles. The molecule has 0 aromatic heterocycles. The fourth-order valence-electron chi connectivity index (χ4n) is 5.23. The van der Waals surface area contributed by atoms with Crippen molar-refractivity contribution in [3.63, 3.8) is 0 Å². The Bertz CT molecular complexity index is 1060. The summed E-state index contributed by atoms with van der Waals surface area (Å²) in [5.74, 6) is -3.75. The number of nitrogens with one attached hydrogen (secondary N) is 1. The van der Waals surface area contributed by atoms with Crippen LogP contribution in [-0.4, -0.2) is 43.4 Å². The van der Waals surface area contributed by atoms with E-state index in [1.807, 2.05) is 30.3 Å². The van der Waals surface area contributed by atoms with Gasteiger partial charge in [-0.15, -0.1) is 0 Å². The first-order chi connectivity index (χ1) is 16.9. The van der Waals surface area contributed by atoms with E-state index < -0.39 is 30.5 Å². The van der Waals surface area contributed by atoms with Gasteiger partial charge < -0.3 is 10.1 Å². The summed E-state index contributed by atoms with van der Waals surface area (Å²) in [7, 11) is 0. The summed E-state index contributed by atoms with van der Waals surface area (Å²) >= 11 is 0. The van der Waals surface area contributed by atoms with Gasteiger partial charge in [0.15, 0.2) is 11.6 Å². The zero-order valence-corrected chi connectivity index (χ0v) is 20.0. The van der Waals surface area contributed by atoms with E-state index in [1.54, 1.807) is 19.1 Å². The Kier molecular flexibility index (Phi) is 7.95. The highest BCUT2D eigenvalue weighted by Gasteiger charge is 2.41. The standard InChI is InChI=1S/C28H32F3NO3/c1-2-23(33)21-14-19(24(34)11-7-6-10-20-12-13-32-17-28(20,30)31)15-22-26(18-8-4-3-5-9-18)25(16-29)35-27(21)22/h3-5,8-9,14-15,20,25-26,32H,2,6-7,10-13,16-17H2,1H3/t20?,25-,26+/m1/s1. The second kappa shape index (κ2) is 10.9. The van der Waals surface area contributed by atoms with Gasteiger partial charge in [0.05, 0.1) is 18.0 Å². The lowest BCUT2D eigenvalue weighted by atomic mass is 9.85. The fourth-order valence-corrected chi connectivity index (χ4v) is 5.23. The maximum absolute atomic E-state index is 14.0. The van der Waals surface area contributed by atoms with Crippen LogP contribution >= 0.6 is 0 Å². The van der Waals surface area contributed by atoms with Crippen molar-refractivity contribution >= 4 is 11.6 Å². The highest BCUT2D eigenvalue weighted by molar-refractivity contribution is 6.04. The van der Waals surface area contributed by atoms with Crippen LogP contribution in [0.25, 0.3) is 0 Å². The van der Waals surface area contributed by atoms with Crippen LogP contribution in [0.4, 0.5) is 13.2 Å². The molecule has 2 aromatic carbocycles. The van der Waals surface area contributed by atoms with Crippen LogP contribution in [0.5, 0.6) is 5.75 Å². The molecule has 0 bridgehead atoms. The number of ketones is 2. The average molecular weight is 488 g/mol. The van der Waals surface area contributed by atoms with Gasteiger partial charge in [-0.1, -0.05) is 43.7 Å². The predicted octanol–water partition coefficient (Wildman–Crippen LogP) is 6.13. The minimum absolute atomic E-state index is 0.148. The van der Waals surface area contributed by atoms with Crippen LogP contribution in [0.1, 0.15) is 83.2 Å². The summed E-state index contributed by atoms with van der Waals surface area (Å²) < 4.78 is 47.9. The Balaban J connectivity index is 1.53. The van der Waals surface area contributed by atoms with Crippen molar-refractivity contribution in [2.45, 2.75) is 63.4 Å². The summed E-state index contributed by atoms with van der Waals surface area (Å²) in [5.41, 5.74) is 2.20. The number of unbranched alkanes of at least 4 members (excludes halogenated alkanes) is 1. The summed E-state index contributed by atoms with van der Waals surface area (Å²) in [4.78, 5) is 25.8. The molecule has 0 saturated carbocycles. The number of alkyl halides is 3. The molecule has 4 nitrogen and oxygen atoms in total. The Morgan fingerprint density at radius 2 is 1.89 bits per heavy atom. The number of benzene rings is 2. The number of Topliss-reactive ketones (excluding diaryl/α,β-unsaturated/α-hetero) is 2. The van der Waals surface area contributed by atoms with Crippen molar-refractivity contribution in [2.75, 3.05) is 19.8 Å². The zero-order valence-electron chi connectivity index (χ0n) is 20.0. The lowest BCUT2D eigenvalue weighted by Gasteiger charge is -2.31. The van der Waals surface area contributed by atoms with E-state index in [9.17, 15) is 22.8 Å². The zero-order chi connectivity index (χ0) is 25.0. The predicted molar refractivity (Wildman–Crippen MR) is 128 cm³/mol. The first-order valence-corrected chi connectivity index (χ1v) is 12.5. The van der Waals surface area contributed by atoms with Crippen molar-refractivity contribution in [1.82, 2.24) is 5.32 Å². The minimum atomic E-state index is -2.71. The van der Waals surface area contributed by atoms with E-state index in [0.717, 1.165) is 5.56 Å². The number of hydrogen-bond acceptors (Lipinski definition) is 4. The monoisotopic (exact) mass is 487 g/mol. The highest BCUT2D eigenvalue weighted by Crippen LogP contribution is 2.45. The smallest absolute Gasteiger partial charge is 0.263 e. The Hall–Kier alpha value is -2.67. The van der Waals surface area contributed by atoms with Crippen molar-refractivity contribution in [2.24, 2.45) is 5.92 Å². The Morgan fingerprint density at radius 3 is 2.57 bits per heavy atom. The molecule has 7 heteroatoms. The van der Waals surface area contributed by atoms with Gasteiger partial charge in [0.2, 0.25) is 0 Å². The molecule has 0 spiro atoms. The number of carbonyl (C=O) groups excluding carboxylic acids is 2. The topological polar surface area (TPSA) is 55.4 Å². The molecule has 2 heterocycles. The number of hydrogen-bond donors (Lipinski definition) is 1. The van der Waals surface area contributed by atoms with E-state index >= 15 is 0 Å². The van der Waals surface area contributed by atoms with E-state index in [2.05, 4.69) is 5.32 Å². The first kappa shape index (κ1) is 25.4. The number of carbonyl (C=O) groups is 2. The fraction of sp³-hybridized carbons (Fsp3) is 0.500. The maximum Gasteiger partial charge on any atom is 0.263 e. The molecule has 2 aliphatic heterocycles. The third-order valence-electron chi connectivity index (χ3n) is 7.18. The summed E-state index contributed by atoms with van der Waals surface area (Å²) in [6, 6.07) is 12.6. The molecule has 1 N–H and O–H groups in total. The van der Waals surface area contributed by atoms with E-state index in [4.69, 9.17) is 4.74 Å². The molecule has 4 rings (SSSR count). The Morgan fingerprint density at radius 1 is 1.11 bits per heavy atom. The molecule has 2 aliphatic rings. The summed E-state index contributed by atoms with van der Waals surface area (Å²) in [5, 5.41) is 2.73.